The van der Waals surface area contributed by atoms with Gasteiger partial charge >= 0.3 is 0 Å². The van der Waals surface area contributed by atoms with Crippen molar-refractivity contribution in [1.29, 1.82) is 0 Å². The van der Waals surface area contributed by atoms with Gasteiger partial charge in [-0.2, -0.15) is 0 Å². The van der Waals surface area contributed by atoms with Crippen LogP contribution in [0.25, 0.3) is 22.1 Å². The Hall–Kier alpha value is -2.49. The Kier molecular flexibility index (Phi) is 2.90. The molecule has 0 aliphatic heterocycles. The van der Waals surface area contributed by atoms with E-state index >= 15 is 0 Å². The Morgan fingerprint density at radius 3 is 2.52 bits per heavy atom. The number of aryl methyl sites for hydroxylation is 3. The van der Waals surface area contributed by atoms with Crippen molar-refractivity contribution < 1.29 is 9.21 Å². The summed E-state index contributed by atoms with van der Waals surface area (Å²) >= 11 is 0. The number of pyridine rings is 1. The zero-order valence-corrected chi connectivity index (χ0v) is 12.4. The van der Waals surface area contributed by atoms with Gasteiger partial charge in [-0.15, -0.1) is 0 Å². The molecule has 0 fully saturated rings. The molecule has 4 nitrogen and oxygen atoms in total. The highest BCUT2D eigenvalue weighted by molar-refractivity contribution is 5.99. The number of ketones is 1. The van der Waals surface area contributed by atoms with E-state index in [1.807, 2.05) is 26.0 Å². The molecular formula is C17H15NO3. The van der Waals surface area contributed by atoms with Gasteiger partial charge in [-0.05, 0) is 51.0 Å². The van der Waals surface area contributed by atoms with Crippen LogP contribution in [-0.4, -0.2) is 10.8 Å². The van der Waals surface area contributed by atoms with Crippen molar-refractivity contribution in [2.24, 2.45) is 0 Å². The van der Waals surface area contributed by atoms with Gasteiger partial charge in [0.2, 0.25) is 11.1 Å². The molecule has 0 spiro atoms. The Labute approximate surface area is 121 Å². The number of hydrogen-bond acceptors (Lipinski definition) is 4. The van der Waals surface area contributed by atoms with E-state index in [1.165, 1.54) is 6.92 Å². The lowest BCUT2D eigenvalue weighted by Crippen LogP contribution is -2.08. The summed E-state index contributed by atoms with van der Waals surface area (Å²) in [6, 6.07) is 5.36. The molecule has 2 aromatic heterocycles. The van der Waals surface area contributed by atoms with E-state index in [2.05, 4.69) is 4.98 Å². The van der Waals surface area contributed by atoms with Crippen molar-refractivity contribution in [1.82, 2.24) is 4.98 Å². The second-order valence-electron chi connectivity index (χ2n) is 5.42. The fraction of sp³-hybridized carbons (Fsp3) is 0.235. The van der Waals surface area contributed by atoms with Crippen molar-refractivity contribution in [2.75, 3.05) is 0 Å². The molecule has 2 heterocycles. The van der Waals surface area contributed by atoms with Crippen LogP contribution in [0.2, 0.25) is 0 Å². The van der Waals surface area contributed by atoms with E-state index in [-0.39, 0.29) is 16.9 Å². The predicted molar refractivity (Wildman–Crippen MR) is 82.0 cm³/mol. The maximum absolute atomic E-state index is 12.7. The van der Waals surface area contributed by atoms with Crippen LogP contribution in [0.15, 0.2) is 27.4 Å². The molecule has 1 aromatic carbocycles. The standard InChI is InChI=1S/C17H15NO3/c1-8-5-9(2)15-14(6-8)21-17-13(16(15)20)7-12(11(4)19)10(3)18-17/h5-7H,1-4H3. The minimum atomic E-state index is -0.140. The van der Waals surface area contributed by atoms with Crippen LogP contribution < -0.4 is 5.43 Å². The number of Topliss-reactive ketones (excluding diaryl/α,β-unsaturated/α-hetero) is 1. The molecule has 0 saturated heterocycles. The van der Waals surface area contributed by atoms with Gasteiger partial charge in [0.05, 0.1) is 16.5 Å². The minimum Gasteiger partial charge on any atom is -0.437 e. The molecule has 106 valence electrons. The molecule has 0 radical (unpaired) electrons. The van der Waals surface area contributed by atoms with E-state index in [1.54, 1.807) is 13.0 Å². The predicted octanol–water partition coefficient (Wildman–Crippen LogP) is 3.47. The van der Waals surface area contributed by atoms with E-state index in [9.17, 15) is 9.59 Å². The zero-order valence-electron chi connectivity index (χ0n) is 12.4. The third-order valence-electron chi connectivity index (χ3n) is 3.68. The monoisotopic (exact) mass is 281 g/mol. The second-order valence-corrected chi connectivity index (χ2v) is 5.42. The molecule has 0 N–H and O–H groups in total. The van der Waals surface area contributed by atoms with Gasteiger partial charge in [0.15, 0.2) is 5.78 Å². The first-order valence-electron chi connectivity index (χ1n) is 6.75. The van der Waals surface area contributed by atoms with Crippen molar-refractivity contribution in [2.45, 2.75) is 27.7 Å². The van der Waals surface area contributed by atoms with Crippen molar-refractivity contribution >= 4 is 27.9 Å². The van der Waals surface area contributed by atoms with Crippen LogP contribution in [0, 0.1) is 20.8 Å². The summed E-state index contributed by atoms with van der Waals surface area (Å²) in [4.78, 5) is 28.6. The molecule has 21 heavy (non-hydrogen) atoms. The van der Waals surface area contributed by atoms with Gasteiger partial charge in [0, 0.05) is 5.56 Å². The Bertz CT molecular complexity index is 967. The third kappa shape index (κ3) is 2.03. The Morgan fingerprint density at radius 2 is 1.86 bits per heavy atom. The van der Waals surface area contributed by atoms with Crippen LogP contribution in [0.1, 0.15) is 34.1 Å². The van der Waals surface area contributed by atoms with Gasteiger partial charge in [-0.25, -0.2) is 4.98 Å². The van der Waals surface area contributed by atoms with Crippen LogP contribution in [-0.2, 0) is 0 Å². The summed E-state index contributed by atoms with van der Waals surface area (Å²) in [5.41, 5.74) is 3.59. The number of benzene rings is 1. The number of fused-ring (bicyclic) bond motifs is 2. The molecule has 0 aliphatic rings. The highest BCUT2D eigenvalue weighted by Crippen LogP contribution is 2.23. The number of nitrogens with zero attached hydrogens (tertiary/aromatic N) is 1. The average Bonchev–Trinajstić information content (AvgIpc) is 2.36. The molecule has 0 atom stereocenters. The number of rotatable bonds is 1. The fourth-order valence-corrected chi connectivity index (χ4v) is 2.72. The van der Waals surface area contributed by atoms with E-state index in [4.69, 9.17) is 4.42 Å². The molecule has 0 unspecified atom stereocenters. The number of hydrogen-bond donors (Lipinski definition) is 0. The summed E-state index contributed by atoms with van der Waals surface area (Å²) in [5.74, 6) is -0.109. The third-order valence-corrected chi connectivity index (χ3v) is 3.68. The lowest BCUT2D eigenvalue weighted by molar-refractivity contribution is 0.101. The summed E-state index contributed by atoms with van der Waals surface area (Å²) in [6.45, 7) is 7.04. The molecule has 0 saturated carbocycles. The van der Waals surface area contributed by atoms with Crippen LogP contribution in [0.3, 0.4) is 0 Å². The van der Waals surface area contributed by atoms with E-state index in [0.717, 1.165) is 11.1 Å². The lowest BCUT2D eigenvalue weighted by atomic mass is 10.0. The summed E-state index contributed by atoms with van der Waals surface area (Å²) in [5, 5.41) is 0.901. The Balaban J connectivity index is 2.54. The van der Waals surface area contributed by atoms with Crippen LogP contribution in [0.4, 0.5) is 0 Å². The maximum atomic E-state index is 12.7. The number of aromatic nitrogens is 1. The highest BCUT2D eigenvalue weighted by Gasteiger charge is 2.15. The molecule has 0 amide bonds. The van der Waals surface area contributed by atoms with Gasteiger partial charge in [-0.1, -0.05) is 6.07 Å². The van der Waals surface area contributed by atoms with Gasteiger partial charge in [0.1, 0.15) is 5.58 Å². The van der Waals surface area contributed by atoms with E-state index in [0.29, 0.717) is 27.6 Å². The first-order chi connectivity index (χ1) is 9.88. The largest absolute Gasteiger partial charge is 0.437 e. The van der Waals surface area contributed by atoms with Gasteiger partial charge in [0.25, 0.3) is 0 Å². The summed E-state index contributed by atoms with van der Waals surface area (Å²) in [6.07, 6.45) is 0. The quantitative estimate of drug-likeness (QED) is 0.506. The average molecular weight is 281 g/mol. The minimum absolute atomic E-state index is 0.109. The summed E-state index contributed by atoms with van der Waals surface area (Å²) in [7, 11) is 0. The first-order valence-corrected chi connectivity index (χ1v) is 6.75. The highest BCUT2D eigenvalue weighted by atomic mass is 16.3. The molecule has 3 aromatic rings. The number of carbonyl (C=O) groups excluding carboxylic acids is 1. The SMILES string of the molecule is CC(=O)c1cc2c(=O)c3c(C)cc(C)cc3oc2nc1C. The molecule has 0 aliphatic carbocycles. The molecule has 0 bridgehead atoms. The van der Waals surface area contributed by atoms with Crippen molar-refractivity contribution in [3.8, 4) is 0 Å². The normalized spacial score (nSPS) is 11.2. The molecular weight excluding hydrogens is 266 g/mol. The topological polar surface area (TPSA) is 60.2 Å². The first kappa shape index (κ1) is 13.5. The van der Waals surface area contributed by atoms with Gasteiger partial charge in [-0.3, -0.25) is 9.59 Å². The van der Waals surface area contributed by atoms with Crippen LogP contribution >= 0.6 is 0 Å². The molecule has 3 rings (SSSR count). The van der Waals surface area contributed by atoms with Crippen LogP contribution in [0.5, 0.6) is 0 Å². The zero-order chi connectivity index (χ0) is 15.3. The second kappa shape index (κ2) is 4.52. The Morgan fingerprint density at radius 1 is 1.14 bits per heavy atom. The summed E-state index contributed by atoms with van der Waals surface area (Å²) < 4.78 is 5.78. The number of carbonyl (C=O) groups is 1. The fourth-order valence-electron chi connectivity index (χ4n) is 2.72. The van der Waals surface area contributed by atoms with Gasteiger partial charge < -0.3 is 4.42 Å². The smallest absolute Gasteiger partial charge is 0.230 e. The maximum Gasteiger partial charge on any atom is 0.230 e. The van der Waals surface area contributed by atoms with E-state index < -0.39 is 0 Å². The van der Waals surface area contributed by atoms with Crippen molar-refractivity contribution in [3.05, 3.63) is 50.8 Å². The van der Waals surface area contributed by atoms with Crippen molar-refractivity contribution in [3.63, 3.8) is 0 Å². The molecule has 4 heteroatoms. The lowest BCUT2D eigenvalue weighted by Gasteiger charge is -2.07.